The summed E-state index contributed by atoms with van der Waals surface area (Å²) < 4.78 is 0. The molecule has 5 heteroatoms. The monoisotopic (exact) mass is 265 g/mol. The maximum atomic E-state index is 11.3. The van der Waals surface area contributed by atoms with E-state index >= 15 is 0 Å². The molecule has 0 saturated heterocycles. The third-order valence-corrected chi connectivity index (χ3v) is 3.02. The van der Waals surface area contributed by atoms with Crippen LogP contribution in [0.3, 0.4) is 0 Å². The number of nitrogens with two attached hydrogens (primary N) is 1. The molecule has 0 amide bonds. The van der Waals surface area contributed by atoms with Crippen molar-refractivity contribution in [3.63, 3.8) is 0 Å². The normalized spacial score (nSPS) is 14.1. The summed E-state index contributed by atoms with van der Waals surface area (Å²) in [6.07, 6.45) is 0.188. The minimum atomic E-state index is -1.07. The molecule has 104 valence electrons. The van der Waals surface area contributed by atoms with E-state index in [1.807, 2.05) is 13.8 Å². The smallest absolute Gasteiger partial charge is 0.320 e. The Morgan fingerprint density at radius 1 is 1.21 bits per heavy atom. The molecule has 1 aromatic carbocycles. The first-order valence-electron chi connectivity index (χ1n) is 6.13. The molecule has 1 unspecified atom stereocenters. The molecule has 1 aromatic rings. The topological polar surface area (TPSA) is 101 Å². The van der Waals surface area contributed by atoms with E-state index in [0.29, 0.717) is 5.56 Å². The molecular weight excluding hydrogens is 246 g/mol. The number of carboxylic acid groups (broad SMARTS) is 2. The van der Waals surface area contributed by atoms with Crippen molar-refractivity contribution in [2.75, 3.05) is 0 Å². The lowest BCUT2D eigenvalue weighted by atomic mass is 9.87. The van der Waals surface area contributed by atoms with E-state index in [-0.39, 0.29) is 12.3 Å². The minimum absolute atomic E-state index is 0.0408. The van der Waals surface area contributed by atoms with Gasteiger partial charge in [0.2, 0.25) is 0 Å². The van der Waals surface area contributed by atoms with Gasteiger partial charge in [-0.1, -0.05) is 38.1 Å². The van der Waals surface area contributed by atoms with Gasteiger partial charge in [0.05, 0.1) is 5.92 Å². The molecule has 0 saturated carbocycles. The average Bonchev–Trinajstić information content (AvgIpc) is 2.28. The maximum Gasteiger partial charge on any atom is 0.320 e. The van der Waals surface area contributed by atoms with Gasteiger partial charge in [0.15, 0.2) is 0 Å². The maximum absolute atomic E-state index is 11.3. The van der Waals surface area contributed by atoms with Crippen LogP contribution in [0.5, 0.6) is 0 Å². The second-order valence-corrected chi connectivity index (χ2v) is 4.95. The van der Waals surface area contributed by atoms with Gasteiger partial charge in [0.25, 0.3) is 0 Å². The van der Waals surface area contributed by atoms with Crippen LogP contribution in [-0.4, -0.2) is 28.2 Å². The highest BCUT2D eigenvalue weighted by Gasteiger charge is 2.24. The van der Waals surface area contributed by atoms with Gasteiger partial charge >= 0.3 is 11.9 Å². The Labute approximate surface area is 112 Å². The quantitative estimate of drug-likeness (QED) is 0.723. The lowest BCUT2D eigenvalue weighted by Gasteiger charge is -2.17. The van der Waals surface area contributed by atoms with Crippen molar-refractivity contribution in [2.45, 2.75) is 32.2 Å². The Morgan fingerprint density at radius 3 is 2.32 bits per heavy atom. The number of carboxylic acids is 2. The van der Waals surface area contributed by atoms with Crippen LogP contribution >= 0.6 is 0 Å². The van der Waals surface area contributed by atoms with Gasteiger partial charge in [-0.2, -0.15) is 0 Å². The SMILES string of the molecule is CC(C)C(C(=O)O)c1cccc(C[C@H](N)C(=O)O)c1. The summed E-state index contributed by atoms with van der Waals surface area (Å²) in [7, 11) is 0. The molecule has 0 radical (unpaired) electrons. The Bertz CT molecular complexity index is 470. The van der Waals surface area contributed by atoms with Crippen molar-refractivity contribution < 1.29 is 19.8 Å². The van der Waals surface area contributed by atoms with Crippen LogP contribution in [0.25, 0.3) is 0 Å². The van der Waals surface area contributed by atoms with E-state index in [9.17, 15) is 14.7 Å². The molecule has 19 heavy (non-hydrogen) atoms. The zero-order valence-corrected chi connectivity index (χ0v) is 11.0. The van der Waals surface area contributed by atoms with E-state index in [0.717, 1.165) is 5.56 Å². The van der Waals surface area contributed by atoms with E-state index in [2.05, 4.69) is 0 Å². The number of hydrogen-bond donors (Lipinski definition) is 3. The third kappa shape index (κ3) is 4.06. The van der Waals surface area contributed by atoms with Crippen molar-refractivity contribution in [3.05, 3.63) is 35.4 Å². The second-order valence-electron chi connectivity index (χ2n) is 4.95. The molecule has 0 aliphatic rings. The van der Waals surface area contributed by atoms with Gasteiger partial charge < -0.3 is 15.9 Å². The largest absolute Gasteiger partial charge is 0.481 e. The Kier molecular flexibility index (Phi) is 5.06. The Hall–Kier alpha value is -1.88. The van der Waals surface area contributed by atoms with Crippen molar-refractivity contribution in [3.8, 4) is 0 Å². The summed E-state index contributed by atoms with van der Waals surface area (Å²) in [4.78, 5) is 22.0. The Morgan fingerprint density at radius 2 is 1.84 bits per heavy atom. The van der Waals surface area contributed by atoms with E-state index in [1.165, 1.54) is 0 Å². The fraction of sp³-hybridized carbons (Fsp3) is 0.429. The first-order chi connectivity index (χ1) is 8.82. The zero-order chi connectivity index (χ0) is 14.6. The molecule has 0 fully saturated rings. The summed E-state index contributed by atoms with van der Waals surface area (Å²) in [5.41, 5.74) is 6.89. The van der Waals surface area contributed by atoms with Gasteiger partial charge in [0.1, 0.15) is 6.04 Å². The predicted molar refractivity (Wildman–Crippen MR) is 71.0 cm³/mol. The summed E-state index contributed by atoms with van der Waals surface area (Å²) >= 11 is 0. The van der Waals surface area contributed by atoms with Gasteiger partial charge in [0, 0.05) is 0 Å². The Balaban J connectivity index is 2.99. The highest BCUT2D eigenvalue weighted by Crippen LogP contribution is 2.25. The molecule has 0 spiro atoms. The fourth-order valence-corrected chi connectivity index (χ4v) is 2.07. The predicted octanol–water partition coefficient (Wildman–Crippen LogP) is 1.47. The first kappa shape index (κ1) is 15.2. The molecule has 1 rings (SSSR count). The molecular formula is C14H19NO4. The summed E-state index contributed by atoms with van der Waals surface area (Å²) in [6, 6.07) is 5.98. The number of benzene rings is 1. The molecule has 0 aromatic heterocycles. The molecule has 0 bridgehead atoms. The molecule has 4 N–H and O–H groups in total. The summed E-state index contributed by atoms with van der Waals surface area (Å²) in [5.74, 6) is -2.58. The van der Waals surface area contributed by atoms with Crippen molar-refractivity contribution >= 4 is 11.9 Å². The highest BCUT2D eigenvalue weighted by atomic mass is 16.4. The van der Waals surface area contributed by atoms with Crippen molar-refractivity contribution in [1.82, 2.24) is 0 Å². The molecule has 5 nitrogen and oxygen atoms in total. The van der Waals surface area contributed by atoms with Crippen LogP contribution in [0.1, 0.15) is 30.9 Å². The molecule has 0 aliphatic carbocycles. The van der Waals surface area contributed by atoms with Crippen LogP contribution in [-0.2, 0) is 16.0 Å². The number of rotatable bonds is 6. The number of aliphatic carboxylic acids is 2. The first-order valence-corrected chi connectivity index (χ1v) is 6.13. The van der Waals surface area contributed by atoms with Gasteiger partial charge in [-0.3, -0.25) is 9.59 Å². The van der Waals surface area contributed by atoms with Crippen LogP contribution in [0.2, 0.25) is 0 Å². The van der Waals surface area contributed by atoms with Crippen LogP contribution in [0.4, 0.5) is 0 Å². The van der Waals surface area contributed by atoms with E-state index in [1.54, 1.807) is 24.3 Å². The van der Waals surface area contributed by atoms with Gasteiger partial charge in [-0.05, 0) is 23.5 Å². The second kappa shape index (κ2) is 6.33. The minimum Gasteiger partial charge on any atom is -0.481 e. The van der Waals surface area contributed by atoms with Gasteiger partial charge in [-0.15, -0.1) is 0 Å². The average molecular weight is 265 g/mol. The summed E-state index contributed by atoms with van der Waals surface area (Å²) in [6.45, 7) is 3.68. The molecule has 0 aliphatic heterocycles. The van der Waals surface area contributed by atoms with Crippen molar-refractivity contribution in [1.29, 1.82) is 0 Å². The molecule has 0 heterocycles. The standard InChI is InChI=1S/C14H19NO4/c1-8(2)12(14(18)19)10-5-3-4-9(6-10)7-11(15)13(16)17/h3-6,8,11-12H,7,15H2,1-2H3,(H,16,17)(H,18,19)/t11-,12?/m0/s1. The van der Waals surface area contributed by atoms with Crippen LogP contribution in [0, 0.1) is 5.92 Å². The number of hydrogen-bond acceptors (Lipinski definition) is 3. The van der Waals surface area contributed by atoms with E-state index in [4.69, 9.17) is 10.8 Å². The zero-order valence-electron chi connectivity index (χ0n) is 11.0. The third-order valence-electron chi connectivity index (χ3n) is 3.02. The highest BCUT2D eigenvalue weighted by molar-refractivity contribution is 5.76. The van der Waals surface area contributed by atoms with Crippen LogP contribution in [0.15, 0.2) is 24.3 Å². The lowest BCUT2D eigenvalue weighted by Crippen LogP contribution is -2.32. The lowest BCUT2D eigenvalue weighted by molar-refractivity contribution is -0.140. The van der Waals surface area contributed by atoms with Crippen molar-refractivity contribution in [2.24, 2.45) is 11.7 Å². The van der Waals surface area contributed by atoms with Gasteiger partial charge in [-0.25, -0.2) is 0 Å². The number of carbonyl (C=O) groups is 2. The van der Waals surface area contributed by atoms with E-state index < -0.39 is 23.9 Å². The molecule has 2 atom stereocenters. The fourth-order valence-electron chi connectivity index (χ4n) is 2.07. The summed E-state index contributed by atoms with van der Waals surface area (Å²) in [5, 5.41) is 18.0. The van der Waals surface area contributed by atoms with Crippen LogP contribution < -0.4 is 5.73 Å².